The highest BCUT2D eigenvalue weighted by molar-refractivity contribution is 6.30. The number of amides is 1. The van der Waals surface area contributed by atoms with Crippen LogP contribution in [0.1, 0.15) is 45.1 Å². The number of benzene rings is 1. The summed E-state index contributed by atoms with van der Waals surface area (Å²) in [5.74, 6) is -0.261. The molecule has 22 heavy (non-hydrogen) atoms. The lowest BCUT2D eigenvalue weighted by Crippen LogP contribution is -2.43. The van der Waals surface area contributed by atoms with E-state index < -0.39 is 5.60 Å². The second kappa shape index (κ2) is 6.26. The van der Waals surface area contributed by atoms with Crippen molar-refractivity contribution < 1.29 is 9.90 Å². The highest BCUT2D eigenvalue weighted by Crippen LogP contribution is 2.34. The van der Waals surface area contributed by atoms with Gasteiger partial charge in [-0.1, -0.05) is 23.7 Å². The summed E-state index contributed by atoms with van der Waals surface area (Å²) in [6.45, 7) is 3.59. The monoisotopic (exact) mass is 323 g/mol. The maximum atomic E-state index is 12.0. The summed E-state index contributed by atoms with van der Waals surface area (Å²) >= 11 is 5.82. The van der Waals surface area contributed by atoms with Gasteiger partial charge < -0.3 is 10.8 Å². The van der Waals surface area contributed by atoms with Crippen LogP contribution in [0.3, 0.4) is 0 Å². The maximum Gasteiger partial charge on any atom is 0.229 e. The smallest absolute Gasteiger partial charge is 0.229 e. The molecule has 1 aliphatic rings. The van der Waals surface area contributed by atoms with Crippen molar-refractivity contribution in [3.63, 3.8) is 0 Å². The molecule has 1 aromatic rings. The number of nitrogens with zero attached hydrogens (tertiary/aromatic N) is 1. The molecule has 0 bridgehead atoms. The summed E-state index contributed by atoms with van der Waals surface area (Å²) in [5.41, 5.74) is 4.93. The van der Waals surface area contributed by atoms with Gasteiger partial charge in [0.15, 0.2) is 5.96 Å². The molecule has 1 saturated carbocycles. The molecule has 0 heterocycles. The van der Waals surface area contributed by atoms with E-state index in [1.807, 2.05) is 6.92 Å². The molecule has 0 spiro atoms. The molecule has 0 aromatic heterocycles. The molecule has 1 aliphatic carbocycles. The lowest BCUT2D eigenvalue weighted by atomic mass is 9.79. The molecule has 0 saturated heterocycles. The number of hydrogen-bond acceptors (Lipinski definition) is 3. The molecule has 1 unspecified atom stereocenters. The number of carbonyl (C=O) groups is 1. The SMILES string of the molecule is CC1(N=C(N)NC(=O)CC(C)(O)c2ccc(Cl)cc2)CCC1. The number of rotatable bonds is 4. The zero-order valence-electron chi connectivity index (χ0n) is 12.9. The van der Waals surface area contributed by atoms with Crippen molar-refractivity contribution in [2.75, 3.05) is 0 Å². The first kappa shape index (κ1) is 16.8. The second-order valence-corrected chi connectivity index (χ2v) is 6.79. The molecule has 120 valence electrons. The van der Waals surface area contributed by atoms with Crippen LogP contribution in [0, 0.1) is 0 Å². The van der Waals surface area contributed by atoms with Crippen molar-refractivity contribution in [1.29, 1.82) is 0 Å². The van der Waals surface area contributed by atoms with E-state index in [1.165, 1.54) is 0 Å². The van der Waals surface area contributed by atoms with Crippen LogP contribution in [0.25, 0.3) is 0 Å². The Balaban J connectivity index is 1.97. The van der Waals surface area contributed by atoms with Gasteiger partial charge in [-0.2, -0.15) is 0 Å². The van der Waals surface area contributed by atoms with Crippen LogP contribution in [-0.4, -0.2) is 22.5 Å². The van der Waals surface area contributed by atoms with Crippen LogP contribution >= 0.6 is 11.6 Å². The van der Waals surface area contributed by atoms with Gasteiger partial charge in [-0.15, -0.1) is 0 Å². The number of aliphatic hydroxyl groups is 1. The molecule has 5 nitrogen and oxygen atoms in total. The Morgan fingerprint density at radius 1 is 1.45 bits per heavy atom. The highest BCUT2D eigenvalue weighted by atomic mass is 35.5. The minimum atomic E-state index is -1.30. The standard InChI is InChI=1S/C16H22ClN3O2/c1-15(8-3-9-15)20-14(18)19-13(21)10-16(2,22)11-4-6-12(17)7-5-11/h4-7,22H,3,8-10H2,1-2H3,(H3,18,19,20,21). The van der Waals surface area contributed by atoms with Crippen molar-refractivity contribution in [3.8, 4) is 0 Å². The van der Waals surface area contributed by atoms with E-state index in [4.69, 9.17) is 17.3 Å². The highest BCUT2D eigenvalue weighted by Gasteiger charge is 2.32. The molecular formula is C16H22ClN3O2. The van der Waals surface area contributed by atoms with Crippen molar-refractivity contribution in [3.05, 3.63) is 34.9 Å². The van der Waals surface area contributed by atoms with Gasteiger partial charge in [0.25, 0.3) is 0 Å². The molecule has 0 radical (unpaired) electrons. The predicted octanol–water partition coefficient (Wildman–Crippen LogP) is 2.31. The first-order valence-corrected chi connectivity index (χ1v) is 7.72. The van der Waals surface area contributed by atoms with Crippen molar-refractivity contribution in [1.82, 2.24) is 5.32 Å². The van der Waals surface area contributed by atoms with Gasteiger partial charge in [-0.3, -0.25) is 10.1 Å². The second-order valence-electron chi connectivity index (χ2n) is 6.35. The van der Waals surface area contributed by atoms with Gasteiger partial charge in [0, 0.05) is 5.02 Å². The largest absolute Gasteiger partial charge is 0.385 e. The summed E-state index contributed by atoms with van der Waals surface area (Å²) in [5, 5.41) is 13.6. The predicted molar refractivity (Wildman–Crippen MR) is 87.7 cm³/mol. The number of aliphatic imine (C=N–C) groups is 1. The fourth-order valence-electron chi connectivity index (χ4n) is 2.53. The number of carbonyl (C=O) groups excluding carboxylic acids is 1. The van der Waals surface area contributed by atoms with Gasteiger partial charge in [0.05, 0.1) is 17.6 Å². The number of nitrogens with two attached hydrogens (primary N) is 1. The van der Waals surface area contributed by atoms with Crippen LogP contribution in [0.4, 0.5) is 0 Å². The number of guanidine groups is 1. The van der Waals surface area contributed by atoms with E-state index in [-0.39, 0.29) is 23.8 Å². The number of nitrogens with one attached hydrogen (secondary N) is 1. The average molecular weight is 324 g/mol. The Morgan fingerprint density at radius 3 is 2.55 bits per heavy atom. The minimum absolute atomic E-state index is 0.110. The summed E-state index contributed by atoms with van der Waals surface area (Å²) in [6, 6.07) is 6.75. The molecule has 4 N–H and O–H groups in total. The quantitative estimate of drug-likeness (QED) is 0.587. The third-order valence-corrected chi connectivity index (χ3v) is 4.31. The van der Waals surface area contributed by atoms with Crippen LogP contribution in [0.2, 0.25) is 5.02 Å². The van der Waals surface area contributed by atoms with Gasteiger partial charge in [0.1, 0.15) is 0 Å². The fraction of sp³-hybridized carbons (Fsp3) is 0.500. The lowest BCUT2D eigenvalue weighted by Gasteiger charge is -2.34. The van der Waals surface area contributed by atoms with E-state index in [2.05, 4.69) is 10.3 Å². The van der Waals surface area contributed by atoms with E-state index in [9.17, 15) is 9.90 Å². The normalized spacial score (nSPS) is 19.9. The summed E-state index contributed by atoms with van der Waals surface area (Å²) in [6.07, 6.45) is 2.98. The minimum Gasteiger partial charge on any atom is -0.385 e. The molecule has 1 aromatic carbocycles. The zero-order valence-corrected chi connectivity index (χ0v) is 13.7. The molecule has 6 heteroatoms. The third-order valence-electron chi connectivity index (χ3n) is 4.06. The van der Waals surface area contributed by atoms with Crippen LogP contribution in [-0.2, 0) is 10.4 Å². The molecule has 1 amide bonds. The Hall–Kier alpha value is -1.59. The Kier molecular flexibility index (Phi) is 4.78. The van der Waals surface area contributed by atoms with Gasteiger partial charge in [0.2, 0.25) is 5.91 Å². The molecule has 1 fully saturated rings. The average Bonchev–Trinajstić information content (AvgIpc) is 2.36. The third kappa shape index (κ3) is 4.21. The van der Waals surface area contributed by atoms with Gasteiger partial charge >= 0.3 is 0 Å². The molecule has 1 atom stereocenters. The van der Waals surface area contributed by atoms with E-state index in [0.717, 1.165) is 19.3 Å². The van der Waals surface area contributed by atoms with Crippen molar-refractivity contribution in [2.24, 2.45) is 10.7 Å². The fourth-order valence-corrected chi connectivity index (χ4v) is 2.66. The van der Waals surface area contributed by atoms with E-state index in [0.29, 0.717) is 10.6 Å². The Labute approximate surface area is 135 Å². The van der Waals surface area contributed by atoms with Gasteiger partial charge in [-0.05, 0) is 50.8 Å². The zero-order chi connectivity index (χ0) is 16.4. The first-order chi connectivity index (χ1) is 10.2. The summed E-state index contributed by atoms with van der Waals surface area (Å²) in [7, 11) is 0. The van der Waals surface area contributed by atoms with Crippen LogP contribution in [0.5, 0.6) is 0 Å². The van der Waals surface area contributed by atoms with Crippen molar-refractivity contribution in [2.45, 2.75) is 50.7 Å². The number of hydrogen-bond donors (Lipinski definition) is 3. The van der Waals surface area contributed by atoms with E-state index in [1.54, 1.807) is 31.2 Å². The first-order valence-electron chi connectivity index (χ1n) is 7.34. The number of halogens is 1. The summed E-state index contributed by atoms with van der Waals surface area (Å²) in [4.78, 5) is 16.4. The Morgan fingerprint density at radius 2 is 2.05 bits per heavy atom. The van der Waals surface area contributed by atoms with Crippen molar-refractivity contribution >= 4 is 23.5 Å². The maximum absolute atomic E-state index is 12.0. The van der Waals surface area contributed by atoms with E-state index >= 15 is 0 Å². The lowest BCUT2D eigenvalue weighted by molar-refractivity contribution is -0.124. The summed E-state index contributed by atoms with van der Waals surface area (Å²) < 4.78 is 0. The Bertz CT molecular complexity index is 578. The van der Waals surface area contributed by atoms with Gasteiger partial charge in [-0.25, -0.2) is 4.99 Å². The van der Waals surface area contributed by atoms with Crippen LogP contribution in [0.15, 0.2) is 29.3 Å². The molecular weight excluding hydrogens is 302 g/mol. The van der Waals surface area contributed by atoms with Crippen LogP contribution < -0.4 is 11.1 Å². The topological polar surface area (TPSA) is 87.7 Å². The molecule has 0 aliphatic heterocycles. The molecule has 2 rings (SSSR count).